The summed E-state index contributed by atoms with van der Waals surface area (Å²) in [5.74, 6) is 6.29. The van der Waals surface area contributed by atoms with Crippen LogP contribution in [0, 0.1) is 11.8 Å². The maximum absolute atomic E-state index is 3.17. The second kappa shape index (κ2) is 14.4. The van der Waals surface area contributed by atoms with Crippen molar-refractivity contribution in [1.82, 2.24) is 0 Å². The van der Waals surface area contributed by atoms with Gasteiger partial charge in [-0.05, 0) is 25.3 Å². The summed E-state index contributed by atoms with van der Waals surface area (Å²) in [7, 11) is 0. The molecule has 0 heteroatoms. The van der Waals surface area contributed by atoms with E-state index < -0.39 is 0 Å². The highest BCUT2D eigenvalue weighted by Gasteiger charge is 1.91. The SMILES string of the molecule is CCC#C/C(C)=C/CCCCCCCCCCC. The molecule has 0 aromatic heterocycles. The van der Waals surface area contributed by atoms with Crippen LogP contribution in [0.15, 0.2) is 11.6 Å². The molecule has 18 heavy (non-hydrogen) atoms. The van der Waals surface area contributed by atoms with Gasteiger partial charge >= 0.3 is 0 Å². The summed E-state index contributed by atoms with van der Waals surface area (Å²) in [6.45, 7) is 6.50. The Bertz CT molecular complexity index is 249. The fourth-order valence-electron chi connectivity index (χ4n) is 2.05. The van der Waals surface area contributed by atoms with Crippen LogP contribution in [0.3, 0.4) is 0 Å². The third-order valence-electron chi connectivity index (χ3n) is 3.22. The molecule has 0 nitrogen and oxygen atoms in total. The minimum Gasteiger partial charge on any atom is -0.0985 e. The first kappa shape index (κ1) is 17.3. The average molecular weight is 248 g/mol. The van der Waals surface area contributed by atoms with E-state index in [9.17, 15) is 0 Å². The molecule has 0 rings (SSSR count). The van der Waals surface area contributed by atoms with Gasteiger partial charge in [-0.3, -0.25) is 0 Å². The first-order chi connectivity index (χ1) is 8.81. The molecule has 0 unspecified atom stereocenters. The highest BCUT2D eigenvalue weighted by atomic mass is 14.0. The van der Waals surface area contributed by atoms with Gasteiger partial charge in [-0.15, -0.1) is 0 Å². The van der Waals surface area contributed by atoms with Crippen LogP contribution in [0.5, 0.6) is 0 Å². The quantitative estimate of drug-likeness (QED) is 0.316. The minimum atomic E-state index is 0.962. The summed E-state index contributed by atoms with van der Waals surface area (Å²) >= 11 is 0. The Morgan fingerprint density at radius 1 is 0.833 bits per heavy atom. The molecule has 0 saturated carbocycles. The highest BCUT2D eigenvalue weighted by molar-refractivity contribution is 5.25. The number of unbranched alkanes of at least 4 members (excludes halogenated alkanes) is 9. The molecule has 0 aliphatic carbocycles. The van der Waals surface area contributed by atoms with Crippen molar-refractivity contribution in [2.45, 2.75) is 91.4 Å². The minimum absolute atomic E-state index is 0.962. The summed E-state index contributed by atoms with van der Waals surface area (Å²) in [4.78, 5) is 0. The van der Waals surface area contributed by atoms with Gasteiger partial charge < -0.3 is 0 Å². The van der Waals surface area contributed by atoms with E-state index in [4.69, 9.17) is 0 Å². The van der Waals surface area contributed by atoms with Gasteiger partial charge in [0, 0.05) is 6.42 Å². The Balaban J connectivity index is 3.25. The number of allylic oxidation sites excluding steroid dienone is 2. The van der Waals surface area contributed by atoms with E-state index in [2.05, 4.69) is 38.7 Å². The Hall–Kier alpha value is -0.700. The molecule has 0 atom stereocenters. The van der Waals surface area contributed by atoms with Crippen LogP contribution in [0.2, 0.25) is 0 Å². The standard InChI is InChI=1S/C18H32/c1-4-6-8-9-10-11-12-13-14-15-17-18(3)16-7-5-2/h17H,4-6,8-15H2,1-3H3/b18-17+. The van der Waals surface area contributed by atoms with E-state index in [0.717, 1.165) is 6.42 Å². The Kier molecular flexibility index (Phi) is 13.8. The summed E-state index contributed by atoms with van der Waals surface area (Å²) in [6, 6.07) is 0. The Morgan fingerprint density at radius 2 is 1.39 bits per heavy atom. The monoisotopic (exact) mass is 248 g/mol. The molecule has 0 heterocycles. The molecule has 0 aliphatic heterocycles. The predicted octanol–water partition coefficient (Wildman–Crippen LogP) is 6.27. The molecule has 0 N–H and O–H groups in total. The van der Waals surface area contributed by atoms with Crippen molar-refractivity contribution in [3.63, 3.8) is 0 Å². The lowest BCUT2D eigenvalue weighted by atomic mass is 10.1. The third kappa shape index (κ3) is 13.4. The molecule has 0 bridgehead atoms. The van der Waals surface area contributed by atoms with Crippen molar-refractivity contribution in [2.75, 3.05) is 0 Å². The molecule has 0 aromatic rings. The highest BCUT2D eigenvalue weighted by Crippen LogP contribution is 2.11. The lowest BCUT2D eigenvalue weighted by Gasteiger charge is -2.00. The van der Waals surface area contributed by atoms with Crippen molar-refractivity contribution in [1.29, 1.82) is 0 Å². The molecule has 0 radical (unpaired) electrons. The topological polar surface area (TPSA) is 0 Å². The lowest BCUT2D eigenvalue weighted by molar-refractivity contribution is 0.566. The molecule has 0 aromatic carbocycles. The Morgan fingerprint density at radius 3 is 1.94 bits per heavy atom. The summed E-state index contributed by atoms with van der Waals surface area (Å²) in [6.07, 6.45) is 17.1. The van der Waals surface area contributed by atoms with Crippen LogP contribution >= 0.6 is 0 Å². The normalized spacial score (nSPS) is 11.2. The van der Waals surface area contributed by atoms with Crippen molar-refractivity contribution in [2.24, 2.45) is 0 Å². The molecule has 0 amide bonds. The van der Waals surface area contributed by atoms with Gasteiger partial charge in [-0.1, -0.05) is 83.1 Å². The fraction of sp³-hybridized carbons (Fsp3) is 0.778. The second-order valence-corrected chi connectivity index (χ2v) is 5.16. The van der Waals surface area contributed by atoms with Gasteiger partial charge in [0.2, 0.25) is 0 Å². The molecule has 0 fully saturated rings. The lowest BCUT2D eigenvalue weighted by Crippen LogP contribution is -1.81. The van der Waals surface area contributed by atoms with Gasteiger partial charge in [0.1, 0.15) is 0 Å². The molecule has 0 aliphatic rings. The van der Waals surface area contributed by atoms with Crippen molar-refractivity contribution >= 4 is 0 Å². The zero-order chi connectivity index (χ0) is 13.5. The fourth-order valence-corrected chi connectivity index (χ4v) is 2.05. The average Bonchev–Trinajstić information content (AvgIpc) is 2.38. The molecule has 0 saturated heterocycles. The summed E-state index contributed by atoms with van der Waals surface area (Å²) in [5, 5.41) is 0. The van der Waals surface area contributed by atoms with Crippen molar-refractivity contribution in [3.8, 4) is 11.8 Å². The predicted molar refractivity (Wildman–Crippen MR) is 83.7 cm³/mol. The molecular formula is C18H32. The third-order valence-corrected chi connectivity index (χ3v) is 3.22. The maximum atomic E-state index is 3.17. The van der Waals surface area contributed by atoms with Crippen LogP contribution in [0.4, 0.5) is 0 Å². The Labute approximate surface area is 115 Å². The number of hydrogen-bond donors (Lipinski definition) is 0. The van der Waals surface area contributed by atoms with Gasteiger partial charge in [-0.25, -0.2) is 0 Å². The van der Waals surface area contributed by atoms with E-state index in [1.807, 2.05) is 0 Å². The van der Waals surface area contributed by atoms with E-state index >= 15 is 0 Å². The van der Waals surface area contributed by atoms with E-state index in [-0.39, 0.29) is 0 Å². The first-order valence-electron chi connectivity index (χ1n) is 7.96. The van der Waals surface area contributed by atoms with Crippen molar-refractivity contribution in [3.05, 3.63) is 11.6 Å². The molecule has 104 valence electrons. The van der Waals surface area contributed by atoms with Crippen LogP contribution in [-0.2, 0) is 0 Å². The second-order valence-electron chi connectivity index (χ2n) is 5.16. The maximum Gasteiger partial charge on any atom is 0.00638 e. The van der Waals surface area contributed by atoms with E-state index in [0.29, 0.717) is 0 Å². The van der Waals surface area contributed by atoms with Crippen LogP contribution in [-0.4, -0.2) is 0 Å². The van der Waals surface area contributed by atoms with Crippen LogP contribution < -0.4 is 0 Å². The zero-order valence-corrected chi connectivity index (χ0v) is 12.9. The van der Waals surface area contributed by atoms with Crippen LogP contribution in [0.1, 0.15) is 91.4 Å². The number of hydrogen-bond acceptors (Lipinski definition) is 0. The first-order valence-corrected chi connectivity index (χ1v) is 7.96. The van der Waals surface area contributed by atoms with Gasteiger partial charge in [0.15, 0.2) is 0 Å². The number of rotatable bonds is 10. The summed E-state index contributed by atoms with van der Waals surface area (Å²) < 4.78 is 0. The van der Waals surface area contributed by atoms with E-state index in [1.54, 1.807) is 0 Å². The molecular weight excluding hydrogens is 216 g/mol. The van der Waals surface area contributed by atoms with Crippen LogP contribution in [0.25, 0.3) is 0 Å². The van der Waals surface area contributed by atoms with Gasteiger partial charge in [0.25, 0.3) is 0 Å². The largest absolute Gasteiger partial charge is 0.0985 e. The smallest absolute Gasteiger partial charge is 0.00638 e. The zero-order valence-electron chi connectivity index (χ0n) is 12.9. The molecule has 0 spiro atoms. The van der Waals surface area contributed by atoms with Gasteiger partial charge in [-0.2, -0.15) is 0 Å². The van der Waals surface area contributed by atoms with E-state index in [1.165, 1.54) is 69.8 Å². The van der Waals surface area contributed by atoms with Gasteiger partial charge in [0.05, 0.1) is 0 Å². The van der Waals surface area contributed by atoms with Crippen molar-refractivity contribution < 1.29 is 0 Å². The summed E-state index contributed by atoms with van der Waals surface area (Å²) in [5.41, 5.74) is 1.25.